The maximum atomic E-state index is 13.9. The van der Waals surface area contributed by atoms with Gasteiger partial charge in [-0.1, -0.05) is 26.8 Å². The molecule has 0 bridgehead atoms. The van der Waals surface area contributed by atoms with E-state index in [2.05, 4.69) is 144 Å². The number of nitrogens with one attached hydrogen (secondary N) is 6. The highest BCUT2D eigenvalue weighted by Crippen LogP contribution is 2.37. The highest BCUT2D eigenvalue weighted by Gasteiger charge is 2.33. The monoisotopic (exact) mass is 1800 g/mol. The minimum Gasteiger partial charge on any atom is -0.328 e. The van der Waals surface area contributed by atoms with Gasteiger partial charge in [-0.25, -0.2) is 38.7 Å². The molecule has 3 aliphatic heterocycles. The van der Waals surface area contributed by atoms with Crippen molar-refractivity contribution in [3.8, 4) is 33.8 Å². The molecule has 18 rings (SSSR count). The minimum atomic E-state index is -4.50. The van der Waals surface area contributed by atoms with Gasteiger partial charge in [-0.15, -0.1) is 0 Å². The van der Waals surface area contributed by atoms with Crippen molar-refractivity contribution >= 4 is 119 Å². The molecule has 127 heavy (non-hydrogen) atoms. The third kappa shape index (κ3) is 22.2. The number of imidazole rings is 3. The lowest BCUT2D eigenvalue weighted by atomic mass is 10.0. The summed E-state index contributed by atoms with van der Waals surface area (Å²) in [5, 5.41) is 33.2. The Morgan fingerprint density at radius 2 is 0.811 bits per heavy atom. The van der Waals surface area contributed by atoms with Crippen LogP contribution in [0.25, 0.3) is 50.7 Å². The van der Waals surface area contributed by atoms with E-state index in [1.165, 1.54) is 111 Å². The fourth-order valence-electron chi connectivity index (χ4n) is 15.8. The number of halogens is 8. The van der Waals surface area contributed by atoms with E-state index in [0.29, 0.717) is 57.7 Å². The largest absolute Gasteiger partial charge is 0.416 e. The van der Waals surface area contributed by atoms with Gasteiger partial charge in [0.1, 0.15) is 46.3 Å². The third-order valence-corrected chi connectivity index (χ3v) is 23.7. The topological polar surface area (TPSA) is 316 Å². The third-order valence-electron chi connectivity index (χ3n) is 21.5. The molecule has 0 aliphatic carbocycles. The molecular formula is C86H89F8N27O3S3. The second kappa shape index (κ2) is 38.2. The second-order valence-electron chi connectivity index (χ2n) is 32.3. The van der Waals surface area contributed by atoms with E-state index < -0.39 is 52.8 Å². The number of nitrogens with zero attached hydrogens (tertiary/aromatic N) is 21. The van der Waals surface area contributed by atoms with Crippen LogP contribution in [0.3, 0.4) is 0 Å². The first-order chi connectivity index (χ1) is 61.0. The van der Waals surface area contributed by atoms with Crippen LogP contribution in [0.4, 0.5) is 84.6 Å². The van der Waals surface area contributed by atoms with Crippen LogP contribution < -0.4 is 31.9 Å². The van der Waals surface area contributed by atoms with Crippen molar-refractivity contribution < 1.29 is 49.5 Å². The number of piperidine rings is 3. The van der Waals surface area contributed by atoms with E-state index in [-0.39, 0.29) is 36.7 Å². The standard InChI is InChI=1S/2C29H30F3N9OS.C28H29F2N9OS/c1-18-5-4-8-39(13-18)16-23-10-26(43-38-23)37-27-28-33-12-24(41(28)14-19(2)35-27)20-11-34-40(15-20)17-25(42)36-22-7-3-6-21(9-22)29(30,31)32;1-18-4-3-9-39(13-18)16-23-10-26(43-38-23)37-27-28-33-12-24(41(28)14-19(2)35-27)20-11-34-40(15-20)17-25(42)36-22-7-5-21(6-8-22)29(30,31)32;1-17-4-3-7-37(12-17)15-21-9-26(41-36-21)35-27-28-31-11-24(39(28)13-18(2)33-27)19-10-32-38(14-19)16-25(40)34-23-8-20(29)5-6-22(23)30/h3,6-7,9-12,14-15,18H,4-5,8,13,16-17H2,1-2H3,(H,35,37)(H,36,42);5-8,10-12,14-15,18H,3-4,9,13,16-17H2,1-2H3,(H,35,37)(H,36,42);5-6,8-11,13-14,17H,3-4,7,12,15-16H2,1-2H3,(H,33,35)(H,34,40). The SMILES string of the molecule is Cc1cn2c(-c3cnn(CC(=O)Nc4cc(F)ccc4F)c3)cnc2c(Nc2cc(CN3CCCC(C)C3)ns2)n1.Cc1cn2c(-c3cnn(CC(=O)Nc4ccc(C(F)(F)F)cc4)c3)cnc2c(Nc2cc(CN3CCCC(C)C3)ns2)n1.Cc1cn2c(-c3cnn(CC(=O)Nc4cccc(C(F)(F)F)c4)c3)cnc2c(Nc2cc(CN3CCCC(C)C3)ns2)n1. The Kier molecular flexibility index (Phi) is 26.3. The van der Waals surface area contributed by atoms with E-state index in [9.17, 15) is 49.5 Å². The number of hydrogen-bond donors (Lipinski definition) is 6. The predicted molar refractivity (Wildman–Crippen MR) is 469 cm³/mol. The number of benzene rings is 3. The maximum Gasteiger partial charge on any atom is 0.416 e. The zero-order chi connectivity index (χ0) is 88.8. The van der Waals surface area contributed by atoms with Crippen molar-refractivity contribution in [3.05, 3.63) is 216 Å². The molecular weight excluding hydrogens is 1710 g/mol. The highest BCUT2D eigenvalue weighted by molar-refractivity contribution is 7.10. The van der Waals surface area contributed by atoms with Gasteiger partial charge in [-0.05, 0) is 204 Å². The number of amides is 3. The highest BCUT2D eigenvalue weighted by atomic mass is 32.1. The van der Waals surface area contributed by atoms with Crippen LogP contribution in [0.2, 0.25) is 0 Å². The summed E-state index contributed by atoms with van der Waals surface area (Å²) in [6, 6.07) is 17.9. The number of aromatic nitrogens is 18. The average Bonchev–Trinajstić information content (AvgIpc) is 1.64. The number of aryl methyl sites for hydroxylation is 3. The number of likely N-dealkylation sites (tertiary alicyclic amines) is 3. The van der Waals surface area contributed by atoms with E-state index >= 15 is 0 Å². The van der Waals surface area contributed by atoms with Crippen LogP contribution in [0.1, 0.15) is 105 Å². The Balaban J connectivity index is 0.000000140. The Hall–Kier alpha value is -12.8. The smallest absolute Gasteiger partial charge is 0.328 e. The summed E-state index contributed by atoms with van der Waals surface area (Å²) < 4.78 is 129. The van der Waals surface area contributed by atoms with E-state index in [1.807, 2.05) is 52.6 Å². The van der Waals surface area contributed by atoms with E-state index in [1.54, 1.807) is 55.8 Å². The summed E-state index contributed by atoms with van der Waals surface area (Å²) in [7, 11) is 0. The van der Waals surface area contributed by atoms with Crippen molar-refractivity contribution in [2.24, 2.45) is 17.8 Å². The first-order valence-corrected chi connectivity index (χ1v) is 43.5. The molecule has 41 heteroatoms. The molecule has 6 N–H and O–H groups in total. The molecule has 0 spiro atoms. The number of hydrogen-bond acceptors (Lipinski definition) is 24. The van der Waals surface area contributed by atoms with E-state index in [4.69, 9.17) is 0 Å². The van der Waals surface area contributed by atoms with Gasteiger partial charge in [0.05, 0.1) is 105 Å². The zero-order valence-electron chi connectivity index (χ0n) is 69.8. The molecule has 15 heterocycles. The predicted octanol–water partition coefficient (Wildman–Crippen LogP) is 17.2. The van der Waals surface area contributed by atoms with Crippen molar-refractivity contribution in [1.29, 1.82) is 0 Å². The number of anilines is 9. The van der Waals surface area contributed by atoms with Gasteiger partial charge in [-0.3, -0.25) is 56.3 Å². The second-order valence-corrected chi connectivity index (χ2v) is 34.7. The average molecular weight is 1800 g/mol. The quantitative estimate of drug-likeness (QED) is 0.0306. The van der Waals surface area contributed by atoms with Crippen LogP contribution in [-0.2, 0) is 66.0 Å². The van der Waals surface area contributed by atoms with Crippen LogP contribution in [0, 0.1) is 50.2 Å². The molecule has 0 radical (unpaired) electrons. The molecule has 3 saturated heterocycles. The minimum absolute atomic E-state index is 0.0612. The van der Waals surface area contributed by atoms with Crippen molar-refractivity contribution in [2.45, 2.75) is 132 Å². The molecule has 3 atom stereocenters. The van der Waals surface area contributed by atoms with Gasteiger partial charge in [0.25, 0.3) is 0 Å². The summed E-state index contributed by atoms with van der Waals surface area (Å²) >= 11 is 4.19. The van der Waals surface area contributed by atoms with Gasteiger partial charge in [0.2, 0.25) is 17.7 Å². The molecule has 30 nitrogen and oxygen atoms in total. The lowest BCUT2D eigenvalue weighted by Crippen LogP contribution is -2.33. The van der Waals surface area contributed by atoms with Gasteiger partial charge in [0, 0.05) is 111 Å². The number of alkyl halides is 6. The molecule has 3 aromatic carbocycles. The van der Waals surface area contributed by atoms with Crippen LogP contribution in [0.5, 0.6) is 0 Å². The summed E-state index contributed by atoms with van der Waals surface area (Å²) in [6.07, 6.45) is 19.4. The Morgan fingerprint density at radius 1 is 0.433 bits per heavy atom. The summed E-state index contributed by atoms with van der Waals surface area (Å²) in [4.78, 5) is 72.7. The molecule has 12 aromatic heterocycles. The van der Waals surface area contributed by atoms with Crippen molar-refractivity contribution in [3.63, 3.8) is 0 Å². The summed E-state index contributed by atoms with van der Waals surface area (Å²) in [5.41, 5.74) is 10.3. The molecule has 3 amide bonds. The van der Waals surface area contributed by atoms with Crippen molar-refractivity contribution in [1.82, 2.24) is 100 Å². The summed E-state index contributed by atoms with van der Waals surface area (Å²) in [6.45, 7) is 21.2. The molecule has 3 fully saturated rings. The molecule has 0 saturated carbocycles. The normalized spacial score (nSPS) is 16.0. The van der Waals surface area contributed by atoms with Crippen LogP contribution in [-0.4, -0.2) is 157 Å². The van der Waals surface area contributed by atoms with Crippen LogP contribution in [0.15, 0.2) is 159 Å². The Labute approximate surface area is 735 Å². The van der Waals surface area contributed by atoms with Gasteiger partial charge in [-0.2, -0.15) is 54.8 Å². The Bertz CT molecular complexity index is 6420. The fourth-order valence-corrected chi connectivity index (χ4v) is 17.7. The first kappa shape index (κ1) is 87.6. The molecule has 15 aromatic rings. The van der Waals surface area contributed by atoms with Gasteiger partial charge in [0.15, 0.2) is 34.4 Å². The number of fused-ring (bicyclic) bond motifs is 3. The fraction of sp³-hybridized carbons (Fsp3) is 0.337. The Morgan fingerprint density at radius 3 is 1.19 bits per heavy atom. The number of rotatable bonds is 24. The zero-order valence-corrected chi connectivity index (χ0v) is 72.3. The lowest BCUT2D eigenvalue weighted by Gasteiger charge is -2.30. The molecule has 3 aliphatic rings. The van der Waals surface area contributed by atoms with Gasteiger partial charge < -0.3 is 31.9 Å². The first-order valence-electron chi connectivity index (χ1n) is 41.2. The van der Waals surface area contributed by atoms with Crippen LogP contribution >= 0.6 is 34.6 Å². The maximum absolute atomic E-state index is 13.9. The number of carbonyl (C=O) groups is 3. The van der Waals surface area contributed by atoms with Crippen molar-refractivity contribution in [2.75, 3.05) is 71.2 Å². The molecule has 660 valence electrons. The molecule has 3 unspecified atom stereocenters. The lowest BCUT2D eigenvalue weighted by molar-refractivity contribution is -0.138. The van der Waals surface area contributed by atoms with Gasteiger partial charge >= 0.3 is 12.4 Å². The summed E-state index contributed by atoms with van der Waals surface area (Å²) in [5.74, 6) is 1.14. The van der Waals surface area contributed by atoms with E-state index in [0.717, 1.165) is 179 Å². The number of carbonyl (C=O) groups excluding carboxylic acids is 3.